The van der Waals surface area contributed by atoms with E-state index < -0.39 is 0 Å². The summed E-state index contributed by atoms with van der Waals surface area (Å²) in [6.07, 6.45) is 3.88. The third kappa shape index (κ3) is 1.94. The van der Waals surface area contributed by atoms with E-state index >= 15 is 0 Å². The van der Waals surface area contributed by atoms with E-state index in [0.717, 1.165) is 0 Å². The van der Waals surface area contributed by atoms with Crippen molar-refractivity contribution in [3.63, 3.8) is 0 Å². The van der Waals surface area contributed by atoms with E-state index in [0.29, 0.717) is 5.92 Å². The Labute approximate surface area is 134 Å². The van der Waals surface area contributed by atoms with Crippen LogP contribution in [0.2, 0.25) is 0 Å². The first-order valence-electron chi connectivity index (χ1n) is 7.80. The van der Waals surface area contributed by atoms with Gasteiger partial charge in [0.05, 0.1) is 0 Å². The molecule has 0 amide bonds. The van der Waals surface area contributed by atoms with Gasteiger partial charge in [0, 0.05) is 4.47 Å². The molecule has 0 saturated carbocycles. The molecule has 0 spiro atoms. The van der Waals surface area contributed by atoms with E-state index in [-0.39, 0.29) is 0 Å². The normalized spacial score (nSPS) is 18.1. The Morgan fingerprint density at radius 1 is 1.05 bits per heavy atom. The topological polar surface area (TPSA) is 0 Å². The molecule has 106 valence electrons. The van der Waals surface area contributed by atoms with Crippen molar-refractivity contribution in [2.75, 3.05) is 0 Å². The van der Waals surface area contributed by atoms with Gasteiger partial charge in [0.2, 0.25) is 0 Å². The summed E-state index contributed by atoms with van der Waals surface area (Å²) in [6, 6.07) is 13.7. The lowest BCUT2D eigenvalue weighted by Gasteiger charge is -2.25. The monoisotopic (exact) mass is 338 g/mol. The minimum atomic E-state index is 0.673. The maximum absolute atomic E-state index is 3.82. The molecule has 0 unspecified atom stereocenters. The van der Waals surface area contributed by atoms with Gasteiger partial charge in [0.1, 0.15) is 0 Å². The second-order valence-electron chi connectivity index (χ2n) is 6.38. The standard InChI is InChI=1S/C20H19Br/c1-12-5-3-7-14-9-10-15-16-8-4-6-13(2)20(16)18(21)11-17(15)19(12)14/h4,6,8-12H,3,5,7H2,1-2H3/t12-/m1/s1. The average Bonchev–Trinajstić information content (AvgIpc) is 2.47. The first-order valence-corrected chi connectivity index (χ1v) is 8.59. The van der Waals surface area contributed by atoms with E-state index in [2.05, 4.69) is 66.2 Å². The van der Waals surface area contributed by atoms with Crippen LogP contribution in [0, 0.1) is 6.92 Å². The van der Waals surface area contributed by atoms with Gasteiger partial charge >= 0.3 is 0 Å². The largest absolute Gasteiger partial charge is 0.0613 e. The zero-order valence-corrected chi connectivity index (χ0v) is 14.1. The second-order valence-corrected chi connectivity index (χ2v) is 7.24. The minimum Gasteiger partial charge on any atom is -0.0613 e. The van der Waals surface area contributed by atoms with Crippen molar-refractivity contribution < 1.29 is 0 Å². The summed E-state index contributed by atoms with van der Waals surface area (Å²) in [4.78, 5) is 0. The van der Waals surface area contributed by atoms with Crippen molar-refractivity contribution in [2.24, 2.45) is 0 Å². The quantitative estimate of drug-likeness (QED) is 0.410. The Hall–Kier alpha value is -1.34. The predicted molar refractivity (Wildman–Crippen MR) is 95.2 cm³/mol. The van der Waals surface area contributed by atoms with Crippen molar-refractivity contribution in [3.05, 3.63) is 57.6 Å². The molecule has 0 heterocycles. The zero-order chi connectivity index (χ0) is 14.6. The van der Waals surface area contributed by atoms with Crippen LogP contribution in [0.25, 0.3) is 21.5 Å². The van der Waals surface area contributed by atoms with Crippen LogP contribution in [0.5, 0.6) is 0 Å². The van der Waals surface area contributed by atoms with Gasteiger partial charge in [-0.05, 0) is 76.4 Å². The lowest BCUT2D eigenvalue weighted by molar-refractivity contribution is 0.595. The van der Waals surface area contributed by atoms with Gasteiger partial charge in [0.15, 0.2) is 0 Å². The van der Waals surface area contributed by atoms with E-state index in [1.54, 1.807) is 11.1 Å². The van der Waals surface area contributed by atoms with Gasteiger partial charge in [-0.15, -0.1) is 0 Å². The highest BCUT2D eigenvalue weighted by molar-refractivity contribution is 9.10. The molecule has 1 aliphatic carbocycles. The Morgan fingerprint density at radius 2 is 1.90 bits per heavy atom. The van der Waals surface area contributed by atoms with Crippen LogP contribution in [0.3, 0.4) is 0 Å². The molecule has 0 N–H and O–H groups in total. The Bertz CT molecular complexity index is 861. The van der Waals surface area contributed by atoms with Crippen molar-refractivity contribution >= 4 is 37.5 Å². The molecule has 0 bridgehead atoms. The Morgan fingerprint density at radius 3 is 2.76 bits per heavy atom. The first kappa shape index (κ1) is 13.3. The van der Waals surface area contributed by atoms with Crippen molar-refractivity contribution in [2.45, 2.75) is 39.0 Å². The maximum atomic E-state index is 3.82. The molecule has 0 fully saturated rings. The van der Waals surface area contributed by atoms with E-state index in [4.69, 9.17) is 0 Å². The summed E-state index contributed by atoms with van der Waals surface area (Å²) in [5.74, 6) is 0.673. The highest BCUT2D eigenvalue weighted by atomic mass is 79.9. The van der Waals surface area contributed by atoms with Gasteiger partial charge in [-0.2, -0.15) is 0 Å². The van der Waals surface area contributed by atoms with Gasteiger partial charge in [-0.3, -0.25) is 0 Å². The molecular formula is C20H19Br. The maximum Gasteiger partial charge on any atom is 0.0262 e. The summed E-state index contributed by atoms with van der Waals surface area (Å²) in [5, 5.41) is 5.59. The second kappa shape index (κ2) is 4.84. The van der Waals surface area contributed by atoms with Gasteiger partial charge in [0.25, 0.3) is 0 Å². The molecule has 0 aliphatic heterocycles. The van der Waals surface area contributed by atoms with Crippen LogP contribution in [0.15, 0.2) is 40.9 Å². The number of aryl methyl sites for hydroxylation is 2. The van der Waals surface area contributed by atoms with Crippen molar-refractivity contribution in [3.8, 4) is 0 Å². The van der Waals surface area contributed by atoms with Crippen LogP contribution < -0.4 is 0 Å². The van der Waals surface area contributed by atoms with Crippen LogP contribution in [-0.2, 0) is 6.42 Å². The number of rotatable bonds is 0. The van der Waals surface area contributed by atoms with Crippen LogP contribution in [-0.4, -0.2) is 0 Å². The fourth-order valence-corrected chi connectivity index (χ4v) is 4.78. The summed E-state index contributed by atoms with van der Waals surface area (Å²) in [6.45, 7) is 4.58. The molecule has 1 atom stereocenters. The van der Waals surface area contributed by atoms with E-state index in [1.165, 1.54) is 50.8 Å². The predicted octanol–water partition coefficient (Wildman–Crippen LogP) is 6.50. The molecule has 1 heteroatoms. The van der Waals surface area contributed by atoms with E-state index in [9.17, 15) is 0 Å². The Balaban J connectivity index is 2.20. The number of halogens is 1. The Kier molecular flexibility index (Phi) is 3.08. The van der Waals surface area contributed by atoms with Crippen molar-refractivity contribution in [1.29, 1.82) is 0 Å². The lowest BCUT2D eigenvalue weighted by atomic mass is 9.80. The minimum absolute atomic E-state index is 0.673. The average molecular weight is 339 g/mol. The number of hydrogen-bond donors (Lipinski definition) is 0. The summed E-state index contributed by atoms with van der Waals surface area (Å²) in [7, 11) is 0. The lowest BCUT2D eigenvalue weighted by Crippen LogP contribution is -2.07. The van der Waals surface area contributed by atoms with Gasteiger partial charge < -0.3 is 0 Å². The first-order chi connectivity index (χ1) is 10.2. The van der Waals surface area contributed by atoms with Crippen LogP contribution >= 0.6 is 15.9 Å². The SMILES string of the molecule is Cc1cccc2c1c(Br)cc1c3c(ccc12)CCC[C@H]3C. The number of fused-ring (bicyclic) bond motifs is 5. The van der Waals surface area contributed by atoms with Crippen LogP contribution in [0.1, 0.15) is 42.4 Å². The molecule has 0 nitrogen and oxygen atoms in total. The molecule has 3 aromatic rings. The molecule has 0 aromatic heterocycles. The smallest absolute Gasteiger partial charge is 0.0262 e. The summed E-state index contributed by atoms with van der Waals surface area (Å²) in [5.41, 5.74) is 4.48. The number of hydrogen-bond acceptors (Lipinski definition) is 0. The highest BCUT2D eigenvalue weighted by Crippen LogP contribution is 2.41. The highest BCUT2D eigenvalue weighted by Gasteiger charge is 2.20. The molecular weight excluding hydrogens is 320 g/mol. The third-order valence-electron chi connectivity index (χ3n) is 5.03. The molecule has 3 aromatic carbocycles. The van der Waals surface area contributed by atoms with Crippen molar-refractivity contribution in [1.82, 2.24) is 0 Å². The molecule has 4 rings (SSSR count). The van der Waals surface area contributed by atoms with Gasteiger partial charge in [-0.25, -0.2) is 0 Å². The zero-order valence-electron chi connectivity index (χ0n) is 12.5. The number of benzene rings is 3. The van der Waals surface area contributed by atoms with Gasteiger partial charge in [-0.1, -0.05) is 53.2 Å². The molecule has 1 aliphatic rings. The van der Waals surface area contributed by atoms with Crippen LogP contribution in [0.4, 0.5) is 0 Å². The fourth-order valence-electron chi connectivity index (χ4n) is 4.02. The fraction of sp³-hybridized carbons (Fsp3) is 0.300. The molecule has 0 saturated heterocycles. The molecule has 0 radical (unpaired) electrons. The summed E-state index contributed by atoms with van der Waals surface area (Å²) >= 11 is 3.82. The third-order valence-corrected chi connectivity index (χ3v) is 5.65. The molecule has 21 heavy (non-hydrogen) atoms. The summed E-state index contributed by atoms with van der Waals surface area (Å²) < 4.78 is 1.23. The van der Waals surface area contributed by atoms with E-state index in [1.807, 2.05) is 0 Å².